The maximum atomic E-state index is 13.9. The molecule has 4 heteroatoms. The second-order valence-corrected chi connectivity index (χ2v) is 4.33. The molecule has 1 aromatic rings. The third kappa shape index (κ3) is 1.79. The van der Waals surface area contributed by atoms with Gasteiger partial charge in [-0.3, -0.25) is 4.99 Å². The minimum atomic E-state index is -0.524. The van der Waals surface area contributed by atoms with Gasteiger partial charge in [-0.1, -0.05) is 24.3 Å². The molecule has 1 aromatic carbocycles. The maximum absolute atomic E-state index is 13.9. The van der Waals surface area contributed by atoms with E-state index in [1.165, 1.54) is 6.07 Å². The van der Waals surface area contributed by atoms with Crippen molar-refractivity contribution in [2.75, 3.05) is 13.1 Å². The van der Waals surface area contributed by atoms with Crippen LogP contribution in [0.3, 0.4) is 0 Å². The largest absolute Gasteiger partial charge is 0.370 e. The Bertz CT molecular complexity index is 469. The number of benzene rings is 1. The lowest BCUT2D eigenvalue weighted by Gasteiger charge is -2.36. The Balaban J connectivity index is 2.43. The minimum Gasteiger partial charge on any atom is -0.370 e. The molecule has 0 aromatic heterocycles. The van der Waals surface area contributed by atoms with Crippen molar-refractivity contribution in [2.45, 2.75) is 12.5 Å². The third-order valence-electron chi connectivity index (χ3n) is 3.19. The average Bonchev–Trinajstić information content (AvgIpc) is 2.59. The molecule has 0 fully saturated rings. The molecule has 1 aliphatic rings. The molecule has 0 amide bonds. The fourth-order valence-corrected chi connectivity index (χ4v) is 2.21. The summed E-state index contributed by atoms with van der Waals surface area (Å²) >= 11 is 0. The van der Waals surface area contributed by atoms with Gasteiger partial charge in [0.05, 0.1) is 12.1 Å². The lowest BCUT2D eigenvalue weighted by Crippen LogP contribution is -2.47. The highest BCUT2D eigenvalue weighted by atomic mass is 19.1. The van der Waals surface area contributed by atoms with Crippen molar-refractivity contribution < 1.29 is 4.39 Å². The van der Waals surface area contributed by atoms with Crippen molar-refractivity contribution >= 4 is 5.96 Å². The Kier molecular flexibility index (Phi) is 2.88. The van der Waals surface area contributed by atoms with Crippen LogP contribution >= 0.6 is 0 Å². The van der Waals surface area contributed by atoms with E-state index in [2.05, 4.69) is 11.6 Å². The smallest absolute Gasteiger partial charge is 0.192 e. The Morgan fingerprint density at radius 1 is 1.59 bits per heavy atom. The third-order valence-corrected chi connectivity index (χ3v) is 3.19. The van der Waals surface area contributed by atoms with Crippen LogP contribution in [-0.2, 0) is 5.54 Å². The van der Waals surface area contributed by atoms with Gasteiger partial charge in [-0.25, -0.2) is 4.39 Å². The summed E-state index contributed by atoms with van der Waals surface area (Å²) in [6, 6.07) is 6.74. The Hall–Kier alpha value is -1.84. The summed E-state index contributed by atoms with van der Waals surface area (Å²) in [6.45, 7) is 6.66. The maximum Gasteiger partial charge on any atom is 0.192 e. The molecule has 0 bridgehead atoms. The van der Waals surface area contributed by atoms with Gasteiger partial charge in [0.25, 0.3) is 0 Å². The second kappa shape index (κ2) is 4.20. The summed E-state index contributed by atoms with van der Waals surface area (Å²) in [5, 5.41) is 0. The molecule has 0 aliphatic carbocycles. The zero-order valence-electron chi connectivity index (χ0n) is 9.86. The molecule has 0 saturated heterocycles. The number of guanidine groups is 1. The average molecular weight is 233 g/mol. The monoisotopic (exact) mass is 233 g/mol. The summed E-state index contributed by atoms with van der Waals surface area (Å²) in [6.07, 6.45) is 1.74. The molecule has 0 radical (unpaired) electrons. The SMILES string of the molecule is C=CCN1C(N)=NCC1(C)c1ccccc1F. The number of nitrogens with two attached hydrogens (primary N) is 1. The molecule has 1 aliphatic heterocycles. The molecule has 3 nitrogen and oxygen atoms in total. The summed E-state index contributed by atoms with van der Waals surface area (Å²) in [5.74, 6) is 0.213. The van der Waals surface area contributed by atoms with Crippen LogP contribution in [0.25, 0.3) is 0 Å². The number of hydrogen-bond acceptors (Lipinski definition) is 3. The lowest BCUT2D eigenvalue weighted by atomic mass is 9.90. The Morgan fingerprint density at radius 3 is 2.94 bits per heavy atom. The van der Waals surface area contributed by atoms with Gasteiger partial charge in [0, 0.05) is 12.1 Å². The van der Waals surface area contributed by atoms with Gasteiger partial charge in [-0.15, -0.1) is 6.58 Å². The molecule has 1 atom stereocenters. The van der Waals surface area contributed by atoms with E-state index in [0.717, 1.165) is 0 Å². The highest BCUT2D eigenvalue weighted by molar-refractivity contribution is 5.81. The first-order valence-electron chi connectivity index (χ1n) is 5.53. The fourth-order valence-electron chi connectivity index (χ4n) is 2.21. The Labute approximate surface area is 100 Å². The molecule has 17 heavy (non-hydrogen) atoms. The van der Waals surface area contributed by atoms with Crippen molar-refractivity contribution in [1.82, 2.24) is 4.90 Å². The van der Waals surface area contributed by atoms with Gasteiger partial charge in [0.15, 0.2) is 5.96 Å². The highest BCUT2D eigenvalue weighted by Crippen LogP contribution is 2.33. The van der Waals surface area contributed by atoms with Crippen LogP contribution in [0.5, 0.6) is 0 Å². The van der Waals surface area contributed by atoms with Gasteiger partial charge in [0.2, 0.25) is 0 Å². The summed E-state index contributed by atoms with van der Waals surface area (Å²) in [7, 11) is 0. The number of hydrogen-bond donors (Lipinski definition) is 1. The van der Waals surface area contributed by atoms with Crippen LogP contribution in [0, 0.1) is 5.82 Å². The molecular weight excluding hydrogens is 217 g/mol. The molecule has 1 unspecified atom stereocenters. The van der Waals surface area contributed by atoms with E-state index in [1.807, 2.05) is 17.9 Å². The van der Waals surface area contributed by atoms with Crippen LogP contribution in [0.2, 0.25) is 0 Å². The van der Waals surface area contributed by atoms with Crippen LogP contribution in [0.1, 0.15) is 12.5 Å². The predicted molar refractivity (Wildman–Crippen MR) is 67.1 cm³/mol. The van der Waals surface area contributed by atoms with E-state index >= 15 is 0 Å². The van der Waals surface area contributed by atoms with E-state index in [4.69, 9.17) is 5.73 Å². The summed E-state index contributed by atoms with van der Waals surface area (Å²) < 4.78 is 13.9. The first kappa shape index (κ1) is 11.6. The van der Waals surface area contributed by atoms with Gasteiger partial charge in [-0.2, -0.15) is 0 Å². The van der Waals surface area contributed by atoms with Crippen molar-refractivity contribution in [2.24, 2.45) is 10.7 Å². The number of nitrogens with zero attached hydrogens (tertiary/aromatic N) is 2. The second-order valence-electron chi connectivity index (χ2n) is 4.33. The van der Waals surface area contributed by atoms with Crippen LogP contribution in [-0.4, -0.2) is 23.9 Å². The molecular formula is C13H16FN3. The molecule has 1 heterocycles. The highest BCUT2D eigenvalue weighted by Gasteiger charge is 2.40. The number of halogens is 1. The normalized spacial score (nSPS) is 23.6. The van der Waals surface area contributed by atoms with E-state index < -0.39 is 5.54 Å². The van der Waals surface area contributed by atoms with E-state index in [9.17, 15) is 4.39 Å². The zero-order valence-corrected chi connectivity index (χ0v) is 9.86. The van der Waals surface area contributed by atoms with Gasteiger partial charge in [-0.05, 0) is 13.0 Å². The van der Waals surface area contributed by atoms with Crippen molar-refractivity contribution in [3.8, 4) is 0 Å². The summed E-state index contributed by atoms with van der Waals surface area (Å²) in [5.41, 5.74) is 5.93. The standard InChI is InChI=1S/C13H16FN3/c1-3-8-17-12(15)16-9-13(17,2)10-6-4-5-7-11(10)14/h3-7H,1,8-9H2,2H3,(H2,15,16). The van der Waals surface area contributed by atoms with Crippen molar-refractivity contribution in [1.29, 1.82) is 0 Å². The first-order chi connectivity index (χ1) is 8.09. The van der Waals surface area contributed by atoms with E-state index in [1.54, 1.807) is 18.2 Å². The Morgan fingerprint density at radius 2 is 2.29 bits per heavy atom. The van der Waals surface area contributed by atoms with Gasteiger partial charge >= 0.3 is 0 Å². The molecule has 90 valence electrons. The van der Waals surface area contributed by atoms with Gasteiger partial charge < -0.3 is 10.6 Å². The minimum absolute atomic E-state index is 0.228. The molecule has 2 rings (SSSR count). The molecule has 0 saturated carbocycles. The lowest BCUT2D eigenvalue weighted by molar-refractivity contribution is 0.237. The molecule has 0 spiro atoms. The number of aliphatic imine (C=N–C) groups is 1. The van der Waals surface area contributed by atoms with Crippen LogP contribution in [0.4, 0.5) is 4.39 Å². The van der Waals surface area contributed by atoms with E-state index in [-0.39, 0.29) is 5.82 Å². The zero-order chi connectivity index (χ0) is 12.5. The fraction of sp³-hybridized carbons (Fsp3) is 0.308. The predicted octanol–water partition coefficient (Wildman–Crippen LogP) is 1.86. The van der Waals surface area contributed by atoms with Crippen molar-refractivity contribution in [3.63, 3.8) is 0 Å². The van der Waals surface area contributed by atoms with Gasteiger partial charge in [0.1, 0.15) is 5.82 Å². The first-order valence-corrected chi connectivity index (χ1v) is 5.53. The summed E-state index contributed by atoms with van der Waals surface area (Å²) in [4.78, 5) is 6.09. The van der Waals surface area contributed by atoms with E-state index in [0.29, 0.717) is 24.6 Å². The topological polar surface area (TPSA) is 41.6 Å². The molecule has 2 N–H and O–H groups in total. The number of rotatable bonds is 3. The quantitative estimate of drug-likeness (QED) is 0.810. The van der Waals surface area contributed by atoms with Crippen molar-refractivity contribution in [3.05, 3.63) is 48.3 Å². The van der Waals surface area contributed by atoms with Crippen LogP contribution < -0.4 is 5.73 Å². The van der Waals surface area contributed by atoms with Crippen LogP contribution in [0.15, 0.2) is 41.9 Å².